The first-order valence-electron chi connectivity index (χ1n) is 12.5. The van der Waals surface area contributed by atoms with E-state index in [-0.39, 0.29) is 24.1 Å². The van der Waals surface area contributed by atoms with Crippen LogP contribution in [0.25, 0.3) is 5.69 Å². The van der Waals surface area contributed by atoms with Crippen LogP contribution >= 0.6 is 11.8 Å². The third kappa shape index (κ3) is 4.79. The van der Waals surface area contributed by atoms with E-state index in [0.717, 1.165) is 33.0 Å². The summed E-state index contributed by atoms with van der Waals surface area (Å²) in [7, 11) is 1.61. The number of amides is 2. The molecule has 1 aliphatic heterocycles. The zero-order valence-electron chi connectivity index (χ0n) is 21.9. The Labute approximate surface area is 226 Å². The van der Waals surface area contributed by atoms with Gasteiger partial charge in [-0.1, -0.05) is 54.2 Å². The van der Waals surface area contributed by atoms with Crippen molar-refractivity contribution in [1.82, 2.24) is 15.1 Å². The topological polar surface area (TPSA) is 76.5 Å². The lowest BCUT2D eigenvalue weighted by molar-refractivity contribution is -0.126. The molecule has 1 aromatic heterocycles. The van der Waals surface area contributed by atoms with Gasteiger partial charge in [0.25, 0.3) is 0 Å². The third-order valence-electron chi connectivity index (χ3n) is 6.86. The second kappa shape index (κ2) is 10.8. The number of nitrogens with one attached hydrogen (secondary N) is 1. The van der Waals surface area contributed by atoms with E-state index in [1.54, 1.807) is 12.0 Å². The number of para-hydroxylation sites is 2. The summed E-state index contributed by atoms with van der Waals surface area (Å²) < 4.78 is 7.31. The van der Waals surface area contributed by atoms with Crippen molar-refractivity contribution in [3.8, 4) is 11.4 Å². The summed E-state index contributed by atoms with van der Waals surface area (Å²) in [6.45, 7) is 6.20. The van der Waals surface area contributed by atoms with Crippen LogP contribution in [-0.2, 0) is 16.1 Å². The van der Waals surface area contributed by atoms with Gasteiger partial charge in [0.15, 0.2) is 0 Å². The van der Waals surface area contributed by atoms with Gasteiger partial charge in [0.2, 0.25) is 11.8 Å². The Balaban J connectivity index is 1.62. The second-order valence-electron chi connectivity index (χ2n) is 9.30. The first-order chi connectivity index (χ1) is 18.4. The number of methoxy groups -OCH3 is 1. The molecule has 2 amide bonds. The molecular formula is C30H30N4O3S. The van der Waals surface area contributed by atoms with E-state index < -0.39 is 6.04 Å². The molecule has 0 unspecified atom stereocenters. The van der Waals surface area contributed by atoms with E-state index in [1.807, 2.05) is 98.2 Å². The van der Waals surface area contributed by atoms with Gasteiger partial charge in [-0.25, -0.2) is 4.68 Å². The Morgan fingerprint density at radius 2 is 1.74 bits per heavy atom. The summed E-state index contributed by atoms with van der Waals surface area (Å²) in [6, 6.07) is 22.3. The molecule has 4 aromatic rings. The van der Waals surface area contributed by atoms with Gasteiger partial charge in [0.1, 0.15) is 16.8 Å². The summed E-state index contributed by atoms with van der Waals surface area (Å²) >= 11 is 1.42. The molecule has 0 saturated carbocycles. The molecule has 1 aliphatic rings. The first kappa shape index (κ1) is 25.6. The summed E-state index contributed by atoms with van der Waals surface area (Å²) in [4.78, 5) is 29.4. The maximum atomic E-state index is 14.1. The minimum absolute atomic E-state index is 0.133. The molecule has 5 rings (SSSR count). The Morgan fingerprint density at radius 1 is 1.00 bits per heavy atom. The van der Waals surface area contributed by atoms with Crippen LogP contribution in [0.5, 0.6) is 5.75 Å². The lowest BCUT2D eigenvalue weighted by Gasteiger charge is -2.30. The predicted molar refractivity (Wildman–Crippen MR) is 150 cm³/mol. The fraction of sp³-hybridized carbons (Fsp3) is 0.233. The van der Waals surface area contributed by atoms with E-state index in [4.69, 9.17) is 9.84 Å². The third-order valence-corrected chi connectivity index (χ3v) is 7.92. The van der Waals surface area contributed by atoms with Crippen molar-refractivity contribution in [2.75, 3.05) is 17.8 Å². The zero-order valence-corrected chi connectivity index (χ0v) is 22.7. The van der Waals surface area contributed by atoms with Gasteiger partial charge in [0, 0.05) is 23.4 Å². The lowest BCUT2D eigenvalue weighted by Crippen LogP contribution is -2.44. The molecule has 0 bridgehead atoms. The minimum Gasteiger partial charge on any atom is -0.496 e. The van der Waals surface area contributed by atoms with Crippen molar-refractivity contribution in [2.45, 2.75) is 38.4 Å². The SMILES string of the molecule is COc1ccccc1CNC(=O)[C@@H]1c2c(C)nn(-c3ccccc3)c2SCC(=O)N1c1ccc(C)c(C)c1. The van der Waals surface area contributed by atoms with Crippen LogP contribution in [0, 0.1) is 20.8 Å². The van der Waals surface area contributed by atoms with Gasteiger partial charge in [-0.05, 0) is 62.2 Å². The molecule has 194 valence electrons. The van der Waals surface area contributed by atoms with Crippen molar-refractivity contribution >= 4 is 29.3 Å². The maximum absolute atomic E-state index is 14.1. The van der Waals surface area contributed by atoms with E-state index in [0.29, 0.717) is 17.1 Å². The number of anilines is 1. The average molecular weight is 527 g/mol. The largest absolute Gasteiger partial charge is 0.496 e. The Kier molecular flexibility index (Phi) is 7.24. The molecule has 0 aliphatic carbocycles. The monoisotopic (exact) mass is 526 g/mol. The van der Waals surface area contributed by atoms with Crippen LogP contribution in [0.4, 0.5) is 5.69 Å². The van der Waals surface area contributed by atoms with Crippen LogP contribution in [-0.4, -0.2) is 34.5 Å². The Bertz CT molecular complexity index is 1500. The summed E-state index contributed by atoms with van der Waals surface area (Å²) in [5.74, 6) is 0.474. The standard InChI is InChI=1S/C30H30N4O3S/c1-19-14-15-24(16-20(19)2)33-26(35)18-38-30-27(21(3)32-34(30)23-11-6-5-7-12-23)28(33)29(36)31-17-22-10-8-9-13-25(22)37-4/h5-16,28H,17-18H2,1-4H3,(H,31,36)/t28-/m0/s1. The number of ether oxygens (including phenoxy) is 1. The minimum atomic E-state index is -0.887. The van der Waals surface area contributed by atoms with Crippen molar-refractivity contribution < 1.29 is 14.3 Å². The van der Waals surface area contributed by atoms with E-state index >= 15 is 0 Å². The average Bonchev–Trinajstić information content (AvgIpc) is 3.17. The number of carbonyl (C=O) groups excluding carboxylic acids is 2. The highest BCUT2D eigenvalue weighted by Gasteiger charge is 2.40. The smallest absolute Gasteiger partial charge is 0.248 e. The van der Waals surface area contributed by atoms with Crippen LogP contribution in [0.15, 0.2) is 77.8 Å². The normalized spacial score (nSPS) is 15.1. The molecule has 0 radical (unpaired) electrons. The number of aromatic nitrogens is 2. The van der Waals surface area contributed by atoms with Crippen molar-refractivity contribution in [3.63, 3.8) is 0 Å². The highest BCUT2D eigenvalue weighted by atomic mass is 32.2. The van der Waals surface area contributed by atoms with Crippen LogP contribution < -0.4 is 15.0 Å². The number of aryl methyl sites for hydroxylation is 3. The van der Waals surface area contributed by atoms with E-state index in [1.165, 1.54) is 11.8 Å². The summed E-state index contributed by atoms with van der Waals surface area (Å²) in [5, 5.41) is 8.70. The molecule has 2 heterocycles. The quantitative estimate of drug-likeness (QED) is 0.369. The van der Waals surface area contributed by atoms with Gasteiger partial charge in [-0.15, -0.1) is 0 Å². The Hall–Kier alpha value is -4.04. The number of nitrogens with zero attached hydrogens (tertiary/aromatic N) is 3. The molecule has 3 aromatic carbocycles. The van der Waals surface area contributed by atoms with E-state index in [9.17, 15) is 9.59 Å². The van der Waals surface area contributed by atoms with Crippen molar-refractivity contribution in [3.05, 3.63) is 101 Å². The van der Waals surface area contributed by atoms with Gasteiger partial charge in [0.05, 0.1) is 24.2 Å². The van der Waals surface area contributed by atoms with Crippen molar-refractivity contribution in [1.29, 1.82) is 0 Å². The zero-order chi connectivity index (χ0) is 26.8. The predicted octanol–water partition coefficient (Wildman–Crippen LogP) is 5.30. The van der Waals surface area contributed by atoms with Gasteiger partial charge in [-0.3, -0.25) is 14.5 Å². The molecule has 1 atom stereocenters. The molecule has 1 N–H and O–H groups in total. The molecular weight excluding hydrogens is 496 g/mol. The number of thioether (sulfide) groups is 1. The molecule has 0 spiro atoms. The highest BCUT2D eigenvalue weighted by molar-refractivity contribution is 8.00. The number of hydrogen-bond acceptors (Lipinski definition) is 5. The van der Waals surface area contributed by atoms with Gasteiger partial charge >= 0.3 is 0 Å². The Morgan fingerprint density at radius 3 is 2.47 bits per heavy atom. The fourth-order valence-electron chi connectivity index (χ4n) is 4.73. The van der Waals surface area contributed by atoms with Crippen LogP contribution in [0.1, 0.15) is 34.0 Å². The molecule has 7 nitrogen and oxygen atoms in total. The second-order valence-corrected chi connectivity index (χ2v) is 10.3. The number of carbonyl (C=O) groups is 2. The maximum Gasteiger partial charge on any atom is 0.248 e. The number of fused-ring (bicyclic) bond motifs is 1. The van der Waals surface area contributed by atoms with Crippen LogP contribution in [0.3, 0.4) is 0 Å². The molecule has 0 fully saturated rings. The van der Waals surface area contributed by atoms with Gasteiger partial charge < -0.3 is 10.1 Å². The molecule has 38 heavy (non-hydrogen) atoms. The molecule has 0 saturated heterocycles. The number of rotatable bonds is 6. The summed E-state index contributed by atoms with van der Waals surface area (Å²) in [6.07, 6.45) is 0. The summed E-state index contributed by atoms with van der Waals surface area (Å²) in [5.41, 5.74) is 6.04. The highest BCUT2D eigenvalue weighted by Crippen LogP contribution is 2.41. The van der Waals surface area contributed by atoms with Crippen molar-refractivity contribution in [2.24, 2.45) is 0 Å². The number of hydrogen-bond donors (Lipinski definition) is 1. The fourth-order valence-corrected chi connectivity index (χ4v) is 5.82. The number of benzene rings is 3. The van der Waals surface area contributed by atoms with Gasteiger partial charge in [-0.2, -0.15) is 5.10 Å². The lowest BCUT2D eigenvalue weighted by atomic mass is 10.0. The first-order valence-corrected chi connectivity index (χ1v) is 13.4. The van der Waals surface area contributed by atoms with E-state index in [2.05, 4.69) is 5.32 Å². The van der Waals surface area contributed by atoms with Crippen LogP contribution in [0.2, 0.25) is 0 Å². The molecule has 8 heteroatoms.